The van der Waals surface area contributed by atoms with Crippen LogP contribution in [0.3, 0.4) is 0 Å². The molecule has 0 N–H and O–H groups in total. The third-order valence-electron chi connectivity index (χ3n) is 3.84. The van der Waals surface area contributed by atoms with Crippen molar-refractivity contribution in [2.75, 3.05) is 13.2 Å². The number of nitrogens with zero attached hydrogens (tertiary/aromatic N) is 1. The van der Waals surface area contributed by atoms with Gasteiger partial charge in [0.15, 0.2) is 0 Å². The van der Waals surface area contributed by atoms with Crippen LogP contribution in [-0.2, 0) is 20.6 Å². The molecular formula is C12H16ClNO3S2. The number of ether oxygens (including phenoxy) is 1. The van der Waals surface area contributed by atoms with Gasteiger partial charge in [0.1, 0.15) is 0 Å². The van der Waals surface area contributed by atoms with Crippen LogP contribution in [0.25, 0.3) is 0 Å². The van der Waals surface area contributed by atoms with Crippen LogP contribution in [0.15, 0.2) is 16.3 Å². The average molecular weight is 322 g/mol. The molecule has 0 aromatic carbocycles. The average Bonchev–Trinajstić information content (AvgIpc) is 3.06. The van der Waals surface area contributed by atoms with Crippen molar-refractivity contribution in [1.82, 2.24) is 4.31 Å². The standard InChI is InChI=1S/C12H16ClNO3S2/c13-8-11-12(4-7-18-11)19(15,16)14-5-6-17-10-3-1-2-9(10)14/h4,7,9-10H,1-3,5-6,8H2. The van der Waals surface area contributed by atoms with Crippen LogP contribution in [0.4, 0.5) is 0 Å². The lowest BCUT2D eigenvalue weighted by molar-refractivity contribution is -0.0241. The Bertz CT molecular complexity index is 557. The van der Waals surface area contributed by atoms with Crippen LogP contribution in [0.1, 0.15) is 24.1 Å². The fourth-order valence-corrected chi connectivity index (χ4v) is 6.31. The van der Waals surface area contributed by atoms with E-state index in [0.29, 0.717) is 18.0 Å². The predicted octanol–water partition coefficient (Wildman–Crippen LogP) is 2.43. The number of hydrogen-bond acceptors (Lipinski definition) is 4. The summed E-state index contributed by atoms with van der Waals surface area (Å²) < 4.78 is 32.9. The van der Waals surface area contributed by atoms with Crippen molar-refractivity contribution < 1.29 is 13.2 Å². The second-order valence-corrected chi connectivity index (χ2v) is 7.99. The van der Waals surface area contributed by atoms with E-state index in [4.69, 9.17) is 16.3 Å². The highest BCUT2D eigenvalue weighted by molar-refractivity contribution is 7.89. The van der Waals surface area contributed by atoms with Crippen LogP contribution >= 0.6 is 22.9 Å². The highest BCUT2D eigenvalue weighted by Gasteiger charge is 2.42. The second kappa shape index (κ2) is 5.33. The van der Waals surface area contributed by atoms with E-state index >= 15 is 0 Å². The fourth-order valence-electron chi connectivity index (χ4n) is 2.97. The maximum Gasteiger partial charge on any atom is 0.244 e. The Balaban J connectivity index is 1.95. The second-order valence-electron chi connectivity index (χ2n) is 4.86. The predicted molar refractivity (Wildman–Crippen MR) is 75.1 cm³/mol. The van der Waals surface area contributed by atoms with Crippen molar-refractivity contribution >= 4 is 33.0 Å². The zero-order valence-corrected chi connectivity index (χ0v) is 12.8. The lowest BCUT2D eigenvalue weighted by Gasteiger charge is -2.36. The van der Waals surface area contributed by atoms with Crippen molar-refractivity contribution in [2.24, 2.45) is 0 Å². The summed E-state index contributed by atoms with van der Waals surface area (Å²) in [5, 5.41) is 1.79. The molecule has 0 bridgehead atoms. The fraction of sp³-hybridized carbons (Fsp3) is 0.667. The molecule has 1 saturated carbocycles. The van der Waals surface area contributed by atoms with Gasteiger partial charge in [0.2, 0.25) is 10.0 Å². The first-order valence-corrected chi connectivity index (χ1v) is 9.26. The van der Waals surface area contributed by atoms with Crippen molar-refractivity contribution in [3.63, 3.8) is 0 Å². The Labute approximate surface area is 122 Å². The van der Waals surface area contributed by atoms with E-state index in [1.165, 1.54) is 11.3 Å². The zero-order chi connectivity index (χ0) is 13.5. The number of halogens is 1. The lowest BCUT2D eigenvalue weighted by atomic mass is 10.2. The Kier molecular flexibility index (Phi) is 3.88. The van der Waals surface area contributed by atoms with Crippen molar-refractivity contribution in [3.05, 3.63) is 16.3 Å². The number of alkyl halides is 1. The number of hydrogen-bond donors (Lipinski definition) is 0. The Morgan fingerprint density at radius 2 is 2.32 bits per heavy atom. The minimum atomic E-state index is -3.44. The van der Waals surface area contributed by atoms with Crippen LogP contribution in [-0.4, -0.2) is 38.0 Å². The summed E-state index contributed by atoms with van der Waals surface area (Å²) in [6, 6.07) is 1.67. The summed E-state index contributed by atoms with van der Waals surface area (Å²) in [5.74, 6) is 0.241. The van der Waals surface area contributed by atoms with Crippen LogP contribution in [0, 0.1) is 0 Å². The van der Waals surface area contributed by atoms with Crippen LogP contribution < -0.4 is 0 Å². The first-order valence-electron chi connectivity index (χ1n) is 6.40. The maximum absolute atomic E-state index is 12.8. The molecule has 1 aromatic rings. The minimum absolute atomic E-state index is 0.00169. The largest absolute Gasteiger partial charge is 0.375 e. The van der Waals surface area contributed by atoms with Gasteiger partial charge in [-0.2, -0.15) is 4.31 Å². The third-order valence-corrected chi connectivity index (χ3v) is 7.33. The zero-order valence-electron chi connectivity index (χ0n) is 10.4. The monoisotopic (exact) mass is 321 g/mol. The number of rotatable bonds is 3. The summed E-state index contributed by atoms with van der Waals surface area (Å²) in [6.45, 7) is 0.932. The van der Waals surface area contributed by atoms with Crippen LogP contribution in [0.2, 0.25) is 0 Å². The molecule has 2 fully saturated rings. The Morgan fingerprint density at radius 1 is 1.47 bits per heavy atom. The van der Waals surface area contributed by atoms with Gasteiger partial charge in [0.05, 0.1) is 29.5 Å². The third kappa shape index (κ3) is 2.34. The van der Waals surface area contributed by atoms with Gasteiger partial charge in [-0.25, -0.2) is 8.42 Å². The van der Waals surface area contributed by atoms with E-state index in [-0.39, 0.29) is 18.0 Å². The van der Waals surface area contributed by atoms with Gasteiger partial charge in [0.25, 0.3) is 0 Å². The Morgan fingerprint density at radius 3 is 3.11 bits per heavy atom. The molecule has 1 aliphatic carbocycles. The number of sulfonamides is 1. The number of fused-ring (bicyclic) bond motifs is 1. The molecule has 2 unspecified atom stereocenters. The van der Waals surface area contributed by atoms with Gasteiger partial charge in [-0.15, -0.1) is 22.9 Å². The van der Waals surface area contributed by atoms with Gasteiger partial charge in [-0.3, -0.25) is 0 Å². The molecule has 0 amide bonds. The van der Waals surface area contributed by atoms with Crippen LogP contribution in [0.5, 0.6) is 0 Å². The van der Waals surface area contributed by atoms with Gasteiger partial charge in [-0.05, 0) is 30.7 Å². The van der Waals surface area contributed by atoms with Gasteiger partial charge < -0.3 is 4.74 Å². The highest BCUT2D eigenvalue weighted by atomic mass is 35.5. The van der Waals surface area contributed by atoms with Crippen molar-refractivity contribution in [3.8, 4) is 0 Å². The molecule has 1 saturated heterocycles. The molecule has 1 aromatic heterocycles. The van der Waals surface area contributed by atoms with E-state index in [0.717, 1.165) is 24.1 Å². The molecule has 2 heterocycles. The lowest BCUT2D eigenvalue weighted by Crippen LogP contribution is -2.51. The van der Waals surface area contributed by atoms with E-state index in [2.05, 4.69) is 0 Å². The molecule has 2 atom stereocenters. The smallest absolute Gasteiger partial charge is 0.244 e. The van der Waals surface area contributed by atoms with Crippen molar-refractivity contribution in [1.29, 1.82) is 0 Å². The summed E-state index contributed by atoms with van der Waals surface area (Å²) >= 11 is 7.23. The van der Waals surface area contributed by atoms with E-state index in [1.807, 2.05) is 0 Å². The van der Waals surface area contributed by atoms with E-state index in [1.54, 1.807) is 15.8 Å². The first kappa shape index (κ1) is 13.8. The number of thiophene rings is 1. The quantitative estimate of drug-likeness (QED) is 0.803. The summed E-state index contributed by atoms with van der Waals surface area (Å²) in [7, 11) is -3.44. The van der Waals surface area contributed by atoms with E-state index < -0.39 is 10.0 Å². The topological polar surface area (TPSA) is 46.6 Å². The molecule has 4 nitrogen and oxygen atoms in total. The molecule has 106 valence electrons. The molecular weight excluding hydrogens is 306 g/mol. The summed E-state index contributed by atoms with van der Waals surface area (Å²) in [4.78, 5) is 1.10. The van der Waals surface area contributed by atoms with Crippen molar-refractivity contribution in [2.45, 2.75) is 42.2 Å². The summed E-state index contributed by atoms with van der Waals surface area (Å²) in [5.41, 5.74) is 0. The first-order chi connectivity index (χ1) is 9.14. The number of morpholine rings is 1. The molecule has 7 heteroatoms. The maximum atomic E-state index is 12.8. The SMILES string of the molecule is O=S(=O)(c1ccsc1CCl)N1CCOC2CCCC21. The molecule has 3 rings (SSSR count). The molecule has 0 radical (unpaired) electrons. The molecule has 0 spiro atoms. The molecule has 2 aliphatic rings. The van der Waals surface area contributed by atoms with Gasteiger partial charge in [0, 0.05) is 11.4 Å². The summed E-state index contributed by atoms with van der Waals surface area (Å²) in [6.07, 6.45) is 2.96. The normalized spacial score (nSPS) is 28.5. The van der Waals surface area contributed by atoms with E-state index in [9.17, 15) is 8.42 Å². The van der Waals surface area contributed by atoms with Gasteiger partial charge in [-0.1, -0.05) is 0 Å². The Hall–Kier alpha value is -0.140. The highest BCUT2D eigenvalue weighted by Crippen LogP contribution is 2.35. The minimum Gasteiger partial charge on any atom is -0.375 e. The molecule has 19 heavy (non-hydrogen) atoms. The van der Waals surface area contributed by atoms with Gasteiger partial charge >= 0.3 is 0 Å². The molecule has 1 aliphatic heterocycles.